The molecule has 130 valence electrons. The Morgan fingerprint density at radius 1 is 1.08 bits per heavy atom. The fraction of sp³-hybridized carbons (Fsp3) is 0.375. The molecule has 9 heteroatoms. The highest BCUT2D eigenvalue weighted by Gasteiger charge is 2.47. The number of aryl methyl sites for hydroxylation is 1. The van der Waals surface area contributed by atoms with Gasteiger partial charge in [0.05, 0.1) is 12.6 Å². The van der Waals surface area contributed by atoms with Crippen LogP contribution in [0.4, 0.5) is 4.79 Å². The van der Waals surface area contributed by atoms with Gasteiger partial charge in [0.1, 0.15) is 0 Å². The Balaban J connectivity index is 1.83. The maximum absolute atomic E-state index is 12.7. The number of amides is 4. The molecule has 1 atom stereocenters. The zero-order valence-electron chi connectivity index (χ0n) is 14.0. The summed E-state index contributed by atoms with van der Waals surface area (Å²) in [4.78, 5) is 39.2. The SMILES string of the molecule is CCCn1nnnc1CN1C(=O)C(=O)N([C@@H](C)c2ccccc2)C1=O. The molecule has 0 saturated carbocycles. The second-order valence-corrected chi connectivity index (χ2v) is 5.75. The van der Waals surface area contributed by atoms with Crippen LogP contribution in [0.1, 0.15) is 37.7 Å². The number of urea groups is 1. The zero-order chi connectivity index (χ0) is 18.0. The summed E-state index contributed by atoms with van der Waals surface area (Å²) >= 11 is 0. The zero-order valence-corrected chi connectivity index (χ0v) is 14.0. The Kier molecular flexibility index (Phi) is 4.55. The van der Waals surface area contributed by atoms with Crippen molar-refractivity contribution in [3.05, 3.63) is 41.7 Å². The van der Waals surface area contributed by atoms with Gasteiger partial charge in [-0.3, -0.25) is 9.59 Å². The lowest BCUT2D eigenvalue weighted by molar-refractivity contribution is -0.144. The Morgan fingerprint density at radius 2 is 1.80 bits per heavy atom. The molecule has 0 aliphatic carbocycles. The molecule has 3 rings (SSSR count). The van der Waals surface area contributed by atoms with Crippen LogP contribution < -0.4 is 0 Å². The summed E-state index contributed by atoms with van der Waals surface area (Å²) in [5.41, 5.74) is 0.773. The number of aromatic nitrogens is 4. The molecular formula is C16H18N6O3. The van der Waals surface area contributed by atoms with E-state index >= 15 is 0 Å². The predicted octanol–water partition coefficient (Wildman–Crippen LogP) is 1.14. The predicted molar refractivity (Wildman–Crippen MR) is 85.8 cm³/mol. The van der Waals surface area contributed by atoms with E-state index in [-0.39, 0.29) is 6.54 Å². The van der Waals surface area contributed by atoms with E-state index in [0.717, 1.165) is 21.8 Å². The fourth-order valence-electron chi connectivity index (χ4n) is 2.75. The number of nitrogens with zero attached hydrogens (tertiary/aromatic N) is 6. The molecule has 0 spiro atoms. The highest BCUT2D eigenvalue weighted by Crippen LogP contribution is 2.26. The second kappa shape index (κ2) is 6.80. The first-order valence-corrected chi connectivity index (χ1v) is 8.03. The fourth-order valence-corrected chi connectivity index (χ4v) is 2.75. The van der Waals surface area contributed by atoms with E-state index in [1.54, 1.807) is 19.1 Å². The first-order valence-electron chi connectivity index (χ1n) is 8.03. The second-order valence-electron chi connectivity index (χ2n) is 5.75. The minimum atomic E-state index is -0.862. The van der Waals surface area contributed by atoms with E-state index in [1.165, 1.54) is 4.68 Å². The summed E-state index contributed by atoms with van der Waals surface area (Å²) in [5.74, 6) is -1.33. The van der Waals surface area contributed by atoms with Crippen LogP contribution in [-0.4, -0.2) is 47.9 Å². The van der Waals surface area contributed by atoms with Crippen LogP contribution in [0, 0.1) is 0 Å². The molecule has 25 heavy (non-hydrogen) atoms. The quantitative estimate of drug-likeness (QED) is 0.576. The topological polar surface area (TPSA) is 101 Å². The van der Waals surface area contributed by atoms with Gasteiger partial charge in [-0.05, 0) is 29.3 Å². The maximum Gasteiger partial charge on any atom is 0.335 e. The van der Waals surface area contributed by atoms with Crippen LogP contribution >= 0.6 is 0 Å². The number of rotatable bonds is 6. The molecule has 2 heterocycles. The number of hydrogen-bond donors (Lipinski definition) is 0. The summed E-state index contributed by atoms with van der Waals surface area (Å²) in [6, 6.07) is 7.89. The van der Waals surface area contributed by atoms with Gasteiger partial charge in [-0.1, -0.05) is 37.3 Å². The molecule has 1 aromatic heterocycles. The monoisotopic (exact) mass is 342 g/mol. The third-order valence-electron chi connectivity index (χ3n) is 4.09. The largest absolute Gasteiger partial charge is 0.335 e. The van der Waals surface area contributed by atoms with Gasteiger partial charge in [0, 0.05) is 6.54 Å². The Morgan fingerprint density at radius 3 is 2.48 bits per heavy atom. The molecule has 1 aliphatic rings. The lowest BCUT2D eigenvalue weighted by atomic mass is 10.1. The van der Waals surface area contributed by atoms with Gasteiger partial charge in [-0.2, -0.15) is 0 Å². The van der Waals surface area contributed by atoms with Crippen LogP contribution in [-0.2, 0) is 22.7 Å². The molecular weight excluding hydrogens is 324 g/mol. The summed E-state index contributed by atoms with van der Waals surface area (Å²) in [6.07, 6.45) is 0.802. The number of carbonyl (C=O) groups excluding carboxylic acids is 3. The molecule has 0 bridgehead atoms. The van der Waals surface area contributed by atoms with Crippen LogP contribution in [0.5, 0.6) is 0 Å². The minimum Gasteiger partial charge on any atom is -0.263 e. The van der Waals surface area contributed by atoms with Gasteiger partial charge in [0.2, 0.25) is 0 Å². The molecule has 1 aromatic carbocycles. The smallest absolute Gasteiger partial charge is 0.263 e. The summed E-state index contributed by atoms with van der Waals surface area (Å²) in [6.45, 7) is 4.11. The van der Waals surface area contributed by atoms with Crippen LogP contribution in [0.15, 0.2) is 30.3 Å². The van der Waals surface area contributed by atoms with Crippen molar-refractivity contribution in [3.8, 4) is 0 Å². The van der Waals surface area contributed by atoms with E-state index in [2.05, 4.69) is 15.5 Å². The van der Waals surface area contributed by atoms with Crippen molar-refractivity contribution in [3.63, 3.8) is 0 Å². The van der Waals surface area contributed by atoms with Gasteiger partial charge < -0.3 is 0 Å². The van der Waals surface area contributed by atoms with Crippen molar-refractivity contribution in [1.82, 2.24) is 30.0 Å². The van der Waals surface area contributed by atoms with Crippen molar-refractivity contribution >= 4 is 17.8 Å². The lowest BCUT2D eigenvalue weighted by Gasteiger charge is -2.22. The third-order valence-corrected chi connectivity index (χ3v) is 4.09. The highest BCUT2D eigenvalue weighted by molar-refractivity contribution is 6.44. The van der Waals surface area contributed by atoms with Crippen LogP contribution in [0.3, 0.4) is 0 Å². The van der Waals surface area contributed by atoms with Crippen LogP contribution in [0.25, 0.3) is 0 Å². The molecule has 9 nitrogen and oxygen atoms in total. The van der Waals surface area contributed by atoms with E-state index in [4.69, 9.17) is 0 Å². The average Bonchev–Trinajstić information content (AvgIpc) is 3.14. The van der Waals surface area contributed by atoms with E-state index in [9.17, 15) is 14.4 Å². The van der Waals surface area contributed by atoms with Crippen molar-refractivity contribution in [2.45, 2.75) is 39.4 Å². The van der Waals surface area contributed by atoms with E-state index < -0.39 is 23.9 Å². The van der Waals surface area contributed by atoms with Gasteiger partial charge in [0.25, 0.3) is 0 Å². The van der Waals surface area contributed by atoms with Gasteiger partial charge in [-0.25, -0.2) is 19.3 Å². The number of imide groups is 2. The third kappa shape index (κ3) is 3.00. The molecule has 0 unspecified atom stereocenters. The van der Waals surface area contributed by atoms with Crippen molar-refractivity contribution in [2.75, 3.05) is 0 Å². The van der Waals surface area contributed by atoms with Gasteiger partial charge >= 0.3 is 17.8 Å². The van der Waals surface area contributed by atoms with Gasteiger partial charge in [-0.15, -0.1) is 5.10 Å². The van der Waals surface area contributed by atoms with Gasteiger partial charge in [0.15, 0.2) is 5.82 Å². The Labute approximate surface area is 144 Å². The molecule has 4 amide bonds. The van der Waals surface area contributed by atoms with E-state index in [1.807, 2.05) is 25.1 Å². The first-order chi connectivity index (χ1) is 12.0. The number of tetrazole rings is 1. The molecule has 1 fully saturated rings. The minimum absolute atomic E-state index is 0.131. The summed E-state index contributed by atoms with van der Waals surface area (Å²) in [5, 5.41) is 11.2. The highest BCUT2D eigenvalue weighted by atomic mass is 16.2. The lowest BCUT2D eigenvalue weighted by Crippen LogP contribution is -2.35. The normalized spacial score (nSPS) is 16.0. The number of carbonyl (C=O) groups is 3. The summed E-state index contributed by atoms with van der Waals surface area (Å²) < 4.78 is 1.52. The standard InChI is InChI=1S/C16H18N6O3/c1-3-9-21-13(17-18-19-21)10-20-14(23)15(24)22(16(20)25)11(2)12-7-5-4-6-8-12/h4-8,11H,3,9-10H2,1-2H3/t11-/m0/s1. The van der Waals surface area contributed by atoms with Crippen molar-refractivity contribution in [1.29, 1.82) is 0 Å². The Bertz CT molecular complexity index is 803. The van der Waals surface area contributed by atoms with Crippen molar-refractivity contribution < 1.29 is 14.4 Å². The molecule has 1 aliphatic heterocycles. The first kappa shape index (κ1) is 16.7. The Hall–Kier alpha value is -3.10. The number of hydrogen-bond acceptors (Lipinski definition) is 6. The van der Waals surface area contributed by atoms with E-state index in [0.29, 0.717) is 12.4 Å². The molecule has 2 aromatic rings. The molecule has 0 N–H and O–H groups in total. The molecule has 0 radical (unpaired) electrons. The molecule has 1 saturated heterocycles. The number of benzene rings is 1. The average molecular weight is 342 g/mol. The summed E-state index contributed by atoms with van der Waals surface area (Å²) in [7, 11) is 0. The van der Waals surface area contributed by atoms with Crippen molar-refractivity contribution in [2.24, 2.45) is 0 Å². The maximum atomic E-state index is 12.7. The van der Waals surface area contributed by atoms with Crippen LogP contribution in [0.2, 0.25) is 0 Å².